The van der Waals surface area contributed by atoms with Gasteiger partial charge in [0.15, 0.2) is 9.84 Å². The van der Waals surface area contributed by atoms with Gasteiger partial charge >= 0.3 is 6.18 Å². The number of piperazine rings is 1. The molecular weight excluding hydrogens is 415 g/mol. The molecule has 1 fully saturated rings. The van der Waals surface area contributed by atoms with Crippen molar-refractivity contribution in [2.75, 3.05) is 35.7 Å². The molecule has 1 atom stereocenters. The standard InChI is InChI=1S/C21H26F3N3O2S/c1-14(2)19-13-26(16-6-5-7-17(12-16)30(4,28)29)10-11-27(19)20-9-8-18(15(3)25-20)21(22,23)24/h5-9,12,14,19H,10-11,13H2,1-4H3. The normalized spacial score (nSPS) is 18.2. The third kappa shape index (κ3) is 4.71. The van der Waals surface area contributed by atoms with Gasteiger partial charge in [0.05, 0.1) is 22.2 Å². The van der Waals surface area contributed by atoms with Gasteiger partial charge in [0.2, 0.25) is 0 Å². The molecule has 1 unspecified atom stereocenters. The van der Waals surface area contributed by atoms with Gasteiger partial charge in [-0.25, -0.2) is 13.4 Å². The topological polar surface area (TPSA) is 53.5 Å². The second-order valence-electron chi connectivity index (χ2n) is 8.02. The van der Waals surface area contributed by atoms with Gasteiger partial charge in [0.25, 0.3) is 0 Å². The Bertz CT molecular complexity index is 1020. The summed E-state index contributed by atoms with van der Waals surface area (Å²) < 4.78 is 63.0. The number of pyridine rings is 1. The largest absolute Gasteiger partial charge is 0.418 e. The highest BCUT2D eigenvalue weighted by Crippen LogP contribution is 2.33. The van der Waals surface area contributed by atoms with Crippen LogP contribution in [0, 0.1) is 12.8 Å². The predicted molar refractivity (Wildman–Crippen MR) is 112 cm³/mol. The molecule has 3 rings (SSSR count). The predicted octanol–water partition coefficient (Wildman–Crippen LogP) is 4.16. The minimum atomic E-state index is -4.42. The van der Waals surface area contributed by atoms with Crippen LogP contribution in [0.2, 0.25) is 0 Å². The Labute approximate surface area is 175 Å². The average Bonchev–Trinajstić information content (AvgIpc) is 2.66. The minimum Gasteiger partial charge on any atom is -0.368 e. The number of anilines is 2. The van der Waals surface area contributed by atoms with Gasteiger partial charge in [-0.05, 0) is 43.2 Å². The fraction of sp³-hybridized carbons (Fsp3) is 0.476. The van der Waals surface area contributed by atoms with Crippen molar-refractivity contribution in [3.8, 4) is 0 Å². The molecule has 164 valence electrons. The number of hydrogen-bond acceptors (Lipinski definition) is 5. The first-order valence-corrected chi connectivity index (χ1v) is 11.6. The summed E-state index contributed by atoms with van der Waals surface area (Å²) in [6.45, 7) is 7.30. The number of sulfone groups is 1. The molecule has 0 aliphatic carbocycles. The van der Waals surface area contributed by atoms with Crippen LogP contribution in [0.5, 0.6) is 0 Å². The smallest absolute Gasteiger partial charge is 0.368 e. The summed E-state index contributed by atoms with van der Waals surface area (Å²) in [5.74, 6) is 0.749. The molecule has 0 bridgehead atoms. The van der Waals surface area contributed by atoms with Crippen molar-refractivity contribution < 1.29 is 21.6 Å². The molecule has 0 spiro atoms. The zero-order valence-corrected chi connectivity index (χ0v) is 18.3. The molecule has 0 saturated carbocycles. The highest BCUT2D eigenvalue weighted by molar-refractivity contribution is 7.90. The Hall–Kier alpha value is -2.29. The molecule has 9 heteroatoms. The van der Waals surface area contributed by atoms with Gasteiger partial charge in [-0.15, -0.1) is 0 Å². The summed E-state index contributed by atoms with van der Waals surface area (Å²) >= 11 is 0. The van der Waals surface area contributed by atoms with E-state index in [4.69, 9.17) is 0 Å². The molecule has 1 aromatic carbocycles. The fourth-order valence-electron chi connectivity index (χ4n) is 3.82. The van der Waals surface area contributed by atoms with E-state index in [0.29, 0.717) is 25.5 Å². The van der Waals surface area contributed by atoms with Crippen LogP contribution >= 0.6 is 0 Å². The van der Waals surface area contributed by atoms with Gasteiger partial charge < -0.3 is 9.80 Å². The van der Waals surface area contributed by atoms with E-state index in [1.165, 1.54) is 19.2 Å². The van der Waals surface area contributed by atoms with Crippen LogP contribution in [0.4, 0.5) is 24.7 Å². The lowest BCUT2D eigenvalue weighted by atomic mass is 9.98. The molecule has 1 saturated heterocycles. The first-order valence-electron chi connectivity index (χ1n) is 9.74. The molecule has 2 aromatic rings. The Kier molecular flexibility index (Phi) is 6.04. The van der Waals surface area contributed by atoms with Crippen LogP contribution < -0.4 is 9.80 Å². The Morgan fingerprint density at radius 2 is 1.83 bits per heavy atom. The highest BCUT2D eigenvalue weighted by atomic mass is 32.2. The van der Waals surface area contributed by atoms with Crippen LogP contribution in [-0.2, 0) is 16.0 Å². The number of rotatable bonds is 4. The summed E-state index contributed by atoms with van der Waals surface area (Å²) in [7, 11) is -3.31. The lowest BCUT2D eigenvalue weighted by Crippen LogP contribution is -2.56. The van der Waals surface area contributed by atoms with E-state index < -0.39 is 21.6 Å². The number of aromatic nitrogens is 1. The average molecular weight is 442 g/mol. The van der Waals surface area contributed by atoms with Gasteiger partial charge in [-0.3, -0.25) is 0 Å². The number of hydrogen-bond donors (Lipinski definition) is 0. The Balaban J connectivity index is 1.87. The lowest BCUT2D eigenvalue weighted by molar-refractivity contribution is -0.138. The van der Waals surface area contributed by atoms with Crippen LogP contribution in [0.3, 0.4) is 0 Å². The van der Waals surface area contributed by atoms with E-state index in [1.54, 1.807) is 18.2 Å². The number of halogens is 3. The van der Waals surface area contributed by atoms with Crippen molar-refractivity contribution in [2.24, 2.45) is 5.92 Å². The second-order valence-corrected chi connectivity index (χ2v) is 10.0. The van der Waals surface area contributed by atoms with Gasteiger partial charge in [-0.2, -0.15) is 13.2 Å². The number of nitrogens with zero attached hydrogens (tertiary/aromatic N) is 3. The van der Waals surface area contributed by atoms with E-state index in [1.807, 2.05) is 6.07 Å². The van der Waals surface area contributed by atoms with Crippen molar-refractivity contribution in [1.29, 1.82) is 0 Å². The molecule has 1 aliphatic rings. The molecule has 5 nitrogen and oxygen atoms in total. The van der Waals surface area contributed by atoms with E-state index in [-0.39, 0.29) is 22.5 Å². The zero-order chi connectivity index (χ0) is 22.3. The van der Waals surface area contributed by atoms with Crippen LogP contribution in [0.25, 0.3) is 0 Å². The van der Waals surface area contributed by atoms with Crippen LogP contribution in [-0.4, -0.2) is 45.3 Å². The SMILES string of the molecule is Cc1nc(N2CCN(c3cccc(S(C)(=O)=O)c3)CC2C(C)C)ccc1C(F)(F)F. The maximum Gasteiger partial charge on any atom is 0.418 e. The first-order chi connectivity index (χ1) is 13.9. The zero-order valence-electron chi connectivity index (χ0n) is 17.4. The maximum absolute atomic E-state index is 13.1. The van der Waals surface area contributed by atoms with Crippen molar-refractivity contribution in [1.82, 2.24) is 4.98 Å². The second kappa shape index (κ2) is 8.09. The summed E-state index contributed by atoms with van der Waals surface area (Å²) in [4.78, 5) is 8.68. The van der Waals surface area contributed by atoms with Crippen molar-refractivity contribution >= 4 is 21.3 Å². The van der Waals surface area contributed by atoms with Crippen molar-refractivity contribution in [3.63, 3.8) is 0 Å². The lowest BCUT2D eigenvalue weighted by Gasteiger charge is -2.45. The van der Waals surface area contributed by atoms with Gasteiger partial charge in [0, 0.05) is 31.6 Å². The molecule has 0 amide bonds. The number of benzene rings is 1. The van der Waals surface area contributed by atoms with Crippen LogP contribution in [0.15, 0.2) is 41.3 Å². The molecule has 2 heterocycles. The third-order valence-electron chi connectivity index (χ3n) is 5.47. The molecule has 0 radical (unpaired) electrons. The molecule has 1 aromatic heterocycles. The highest BCUT2D eigenvalue weighted by Gasteiger charge is 2.35. The van der Waals surface area contributed by atoms with Crippen molar-refractivity contribution in [2.45, 2.75) is 37.9 Å². The van der Waals surface area contributed by atoms with E-state index in [2.05, 4.69) is 28.6 Å². The summed E-state index contributed by atoms with van der Waals surface area (Å²) in [6.07, 6.45) is -3.24. The van der Waals surface area contributed by atoms with Gasteiger partial charge in [0.1, 0.15) is 5.82 Å². The first kappa shape index (κ1) is 22.4. The Morgan fingerprint density at radius 1 is 1.13 bits per heavy atom. The number of alkyl halides is 3. The third-order valence-corrected chi connectivity index (χ3v) is 6.58. The summed E-state index contributed by atoms with van der Waals surface area (Å²) in [6, 6.07) is 9.39. The molecule has 30 heavy (non-hydrogen) atoms. The molecule has 1 aliphatic heterocycles. The molecular formula is C21H26F3N3O2S. The van der Waals surface area contributed by atoms with Crippen molar-refractivity contribution in [3.05, 3.63) is 47.7 Å². The van der Waals surface area contributed by atoms with Gasteiger partial charge in [-0.1, -0.05) is 19.9 Å². The quantitative estimate of drug-likeness (QED) is 0.713. The van der Waals surface area contributed by atoms with Crippen LogP contribution in [0.1, 0.15) is 25.1 Å². The minimum absolute atomic E-state index is 0.0178. The fourth-order valence-corrected chi connectivity index (χ4v) is 4.48. The Morgan fingerprint density at radius 3 is 2.40 bits per heavy atom. The number of aryl methyl sites for hydroxylation is 1. The molecule has 0 N–H and O–H groups in total. The van der Waals surface area contributed by atoms with E-state index in [0.717, 1.165) is 11.8 Å². The maximum atomic E-state index is 13.1. The summed E-state index contributed by atoms with van der Waals surface area (Å²) in [5.41, 5.74) is 0.0640. The monoisotopic (exact) mass is 441 g/mol. The van der Waals surface area contributed by atoms with E-state index >= 15 is 0 Å². The van der Waals surface area contributed by atoms with E-state index in [9.17, 15) is 21.6 Å². The summed E-state index contributed by atoms with van der Waals surface area (Å²) in [5, 5.41) is 0.